The van der Waals surface area contributed by atoms with E-state index in [0.717, 1.165) is 16.1 Å². The summed E-state index contributed by atoms with van der Waals surface area (Å²) in [5.41, 5.74) is 2.38. The predicted octanol–water partition coefficient (Wildman–Crippen LogP) is 6.27. The number of rotatable bonds is 8. The van der Waals surface area contributed by atoms with Gasteiger partial charge in [-0.05, 0) is 58.2 Å². The summed E-state index contributed by atoms with van der Waals surface area (Å²) in [6.07, 6.45) is 1.34. The van der Waals surface area contributed by atoms with E-state index in [2.05, 4.69) is 10.6 Å². The van der Waals surface area contributed by atoms with E-state index < -0.39 is 45.4 Å². The minimum atomic E-state index is -3.75. The number of sulfonamides is 1. The highest BCUT2D eigenvalue weighted by Crippen LogP contribution is 2.42. The number of ether oxygens (including phenoxy) is 1. The van der Waals surface area contributed by atoms with Crippen LogP contribution in [0, 0.1) is 12.7 Å². The monoisotopic (exact) mass is 706 g/mol. The molecule has 3 amide bonds. The van der Waals surface area contributed by atoms with Gasteiger partial charge in [0.05, 0.1) is 17.5 Å². The molecule has 1 aliphatic heterocycles. The summed E-state index contributed by atoms with van der Waals surface area (Å²) >= 11 is 0. The molecule has 2 heterocycles. The van der Waals surface area contributed by atoms with Crippen LogP contribution < -0.4 is 14.9 Å². The van der Waals surface area contributed by atoms with Crippen LogP contribution >= 0.6 is 0 Å². The summed E-state index contributed by atoms with van der Waals surface area (Å²) in [5.74, 6) is -1.64. The van der Waals surface area contributed by atoms with Gasteiger partial charge < -0.3 is 24.7 Å². The highest BCUT2D eigenvalue weighted by atomic mass is 32.2. The molecule has 0 radical (unpaired) electrons. The fourth-order valence-corrected chi connectivity index (χ4v) is 6.72. The van der Waals surface area contributed by atoms with Crippen molar-refractivity contribution in [2.75, 3.05) is 37.7 Å². The van der Waals surface area contributed by atoms with Gasteiger partial charge in [-0.3, -0.25) is 13.9 Å². The van der Waals surface area contributed by atoms with Crippen LogP contribution in [0.25, 0.3) is 22.3 Å². The zero-order chi connectivity index (χ0) is 36.5. The van der Waals surface area contributed by atoms with Crippen LogP contribution in [0.4, 0.5) is 14.9 Å². The zero-order valence-electron chi connectivity index (χ0n) is 29.3. The van der Waals surface area contributed by atoms with Gasteiger partial charge in [0.1, 0.15) is 28.8 Å². The molecule has 3 aromatic carbocycles. The first-order valence-corrected chi connectivity index (χ1v) is 18.2. The fraction of sp³-hybridized carbons (Fsp3) is 0.378. The van der Waals surface area contributed by atoms with E-state index in [1.165, 1.54) is 32.3 Å². The molecule has 5 rings (SSSR count). The summed E-state index contributed by atoms with van der Waals surface area (Å²) < 4.78 is 53.8. The van der Waals surface area contributed by atoms with Crippen molar-refractivity contribution in [2.45, 2.75) is 58.1 Å². The number of furan rings is 1. The fourth-order valence-electron chi connectivity index (χ4n) is 6.21. The van der Waals surface area contributed by atoms with Gasteiger partial charge in [-0.1, -0.05) is 48.0 Å². The van der Waals surface area contributed by atoms with Crippen LogP contribution in [-0.2, 0) is 19.6 Å². The normalized spacial score (nSPS) is 15.8. The molecule has 0 spiro atoms. The number of nitrogens with one attached hydrogen (secondary N) is 2. The van der Waals surface area contributed by atoms with Gasteiger partial charge in [-0.2, -0.15) is 0 Å². The average molecular weight is 707 g/mol. The number of fused-ring (bicyclic) bond motifs is 1. The van der Waals surface area contributed by atoms with Crippen molar-refractivity contribution < 1.29 is 36.3 Å². The highest BCUT2D eigenvalue weighted by molar-refractivity contribution is 7.92. The Kier molecular flexibility index (Phi) is 10.3. The van der Waals surface area contributed by atoms with Crippen LogP contribution in [0.2, 0.25) is 0 Å². The molecule has 1 saturated heterocycles. The number of aryl methyl sites for hydroxylation is 1. The number of anilines is 1. The molecule has 0 unspecified atom stereocenters. The highest BCUT2D eigenvalue weighted by Gasteiger charge is 2.36. The number of carbonyl (C=O) groups is 3. The Hall–Kier alpha value is -4.91. The molecule has 50 heavy (non-hydrogen) atoms. The van der Waals surface area contributed by atoms with Crippen molar-refractivity contribution in [2.24, 2.45) is 0 Å². The van der Waals surface area contributed by atoms with Gasteiger partial charge in [0, 0.05) is 55.7 Å². The summed E-state index contributed by atoms with van der Waals surface area (Å²) in [6.45, 7) is 7.46. The Balaban J connectivity index is 1.60. The molecular weight excluding hydrogens is 663 g/mol. The largest absolute Gasteiger partial charge is 0.455 e. The lowest BCUT2D eigenvalue weighted by Gasteiger charge is -2.37. The minimum absolute atomic E-state index is 0.0124. The first kappa shape index (κ1) is 36.4. The quantitative estimate of drug-likeness (QED) is 0.220. The van der Waals surface area contributed by atoms with Crippen LogP contribution in [0.1, 0.15) is 72.6 Å². The summed E-state index contributed by atoms with van der Waals surface area (Å²) in [7, 11) is -0.790. The number of piperidine rings is 1. The van der Waals surface area contributed by atoms with Gasteiger partial charge in [0.25, 0.3) is 5.91 Å². The van der Waals surface area contributed by atoms with Crippen LogP contribution in [0.15, 0.2) is 65.1 Å². The molecule has 0 saturated carbocycles. The molecule has 1 fully saturated rings. The lowest BCUT2D eigenvalue weighted by Crippen LogP contribution is -2.47. The lowest BCUT2D eigenvalue weighted by molar-refractivity contribution is -0.135. The van der Waals surface area contributed by atoms with Gasteiger partial charge in [-0.15, -0.1) is 0 Å². The van der Waals surface area contributed by atoms with Gasteiger partial charge in [0.2, 0.25) is 15.9 Å². The van der Waals surface area contributed by atoms with E-state index in [9.17, 15) is 22.8 Å². The molecule has 266 valence electrons. The number of benzene rings is 3. The Morgan fingerprint density at radius 3 is 2.38 bits per heavy atom. The molecule has 2 N–H and O–H groups in total. The molecular formula is C37H43FN4O7S. The SMILES string of the molecule is CNC(=O)c1c(-c2ccc(C)cc2)oc2cc(N(C)S(C)(=O)=O)c([C@H]3CCCN(C(=O)[C@@H](NC(=O)OC(C)(C)C)c4ccccc4F)C3)cc12. The molecule has 1 aliphatic rings. The number of hydrogen-bond acceptors (Lipinski definition) is 7. The smallest absolute Gasteiger partial charge is 0.408 e. The number of likely N-dealkylation sites (tertiary alicyclic amines) is 1. The van der Waals surface area contributed by atoms with E-state index in [1.807, 2.05) is 31.2 Å². The Bertz CT molecular complexity index is 2040. The maximum absolute atomic E-state index is 15.1. The molecule has 2 atom stereocenters. The number of amides is 3. The lowest BCUT2D eigenvalue weighted by atomic mass is 9.87. The second-order valence-electron chi connectivity index (χ2n) is 13.6. The standard InChI is InChI=1S/C37H43FN4O7S/c1-22-14-16-23(17-15-22)33-31(34(43)39-5)27-19-26(29(20-30(27)48-33)41(6)50(7,46)47)24-11-10-18-42(21-24)35(44)32(25-12-8-9-13-28(25)38)40-36(45)49-37(2,3)4/h8-9,12-17,19-20,24,32H,10-11,18,21H2,1-7H3,(H,39,43)(H,40,45)/t24-,32-/m0/s1. The number of alkyl carbamates (subject to hydrolysis) is 1. The van der Waals surface area contributed by atoms with Crippen molar-refractivity contribution in [1.82, 2.24) is 15.5 Å². The maximum Gasteiger partial charge on any atom is 0.408 e. The van der Waals surface area contributed by atoms with Crippen LogP contribution in [-0.4, -0.2) is 70.3 Å². The third-order valence-electron chi connectivity index (χ3n) is 8.74. The molecule has 0 bridgehead atoms. The Labute approximate surface area is 291 Å². The van der Waals surface area contributed by atoms with E-state index >= 15 is 4.39 Å². The van der Waals surface area contributed by atoms with Gasteiger partial charge >= 0.3 is 6.09 Å². The van der Waals surface area contributed by atoms with Crippen molar-refractivity contribution in [3.63, 3.8) is 0 Å². The van der Waals surface area contributed by atoms with Gasteiger partial charge in [-0.25, -0.2) is 17.6 Å². The summed E-state index contributed by atoms with van der Waals surface area (Å²) in [6, 6.07) is 15.3. The molecule has 4 aromatic rings. The van der Waals surface area contributed by atoms with Crippen molar-refractivity contribution in [1.29, 1.82) is 0 Å². The number of nitrogens with zero attached hydrogens (tertiary/aromatic N) is 2. The molecule has 0 aliphatic carbocycles. The first-order valence-electron chi connectivity index (χ1n) is 16.3. The minimum Gasteiger partial charge on any atom is -0.455 e. The van der Waals surface area contributed by atoms with E-state index in [-0.39, 0.29) is 18.0 Å². The van der Waals surface area contributed by atoms with Crippen molar-refractivity contribution >= 4 is 44.6 Å². The van der Waals surface area contributed by atoms with E-state index in [1.54, 1.807) is 43.9 Å². The van der Waals surface area contributed by atoms with E-state index in [4.69, 9.17) is 9.15 Å². The third-order valence-corrected chi connectivity index (χ3v) is 9.93. The Morgan fingerprint density at radius 2 is 1.76 bits per heavy atom. The summed E-state index contributed by atoms with van der Waals surface area (Å²) in [5, 5.41) is 5.75. The van der Waals surface area contributed by atoms with Gasteiger partial charge in [0.15, 0.2) is 0 Å². The average Bonchev–Trinajstić information content (AvgIpc) is 3.43. The maximum atomic E-state index is 15.1. The molecule has 13 heteroatoms. The number of carbonyl (C=O) groups excluding carboxylic acids is 3. The molecule has 11 nitrogen and oxygen atoms in total. The van der Waals surface area contributed by atoms with Crippen molar-refractivity contribution in [3.8, 4) is 11.3 Å². The first-order chi connectivity index (χ1) is 23.5. The summed E-state index contributed by atoms with van der Waals surface area (Å²) in [4.78, 5) is 42.0. The second-order valence-corrected chi connectivity index (χ2v) is 15.6. The predicted molar refractivity (Wildman–Crippen MR) is 190 cm³/mol. The van der Waals surface area contributed by atoms with Crippen LogP contribution in [0.3, 0.4) is 0 Å². The molecule has 1 aromatic heterocycles. The Morgan fingerprint density at radius 1 is 1.08 bits per heavy atom. The third kappa shape index (κ3) is 7.77. The zero-order valence-corrected chi connectivity index (χ0v) is 30.1. The number of halogens is 1. The second kappa shape index (κ2) is 14.1. The topological polar surface area (TPSA) is 138 Å². The van der Waals surface area contributed by atoms with Crippen molar-refractivity contribution in [3.05, 3.63) is 88.7 Å². The van der Waals surface area contributed by atoms with Crippen LogP contribution in [0.5, 0.6) is 0 Å². The van der Waals surface area contributed by atoms with E-state index in [0.29, 0.717) is 58.5 Å². The number of hydrogen-bond donors (Lipinski definition) is 2.